The van der Waals surface area contributed by atoms with Crippen molar-refractivity contribution in [1.82, 2.24) is 19.8 Å². The molecule has 174 valence electrons. The topological polar surface area (TPSA) is 63.1 Å². The molecule has 8 heteroatoms. The van der Waals surface area contributed by atoms with Crippen LogP contribution in [0, 0.1) is 0 Å². The van der Waals surface area contributed by atoms with Crippen molar-refractivity contribution in [2.24, 2.45) is 5.16 Å². The zero-order valence-electron chi connectivity index (χ0n) is 19.2. The Morgan fingerprint density at radius 1 is 1.00 bits per heavy atom. The summed E-state index contributed by atoms with van der Waals surface area (Å²) in [7, 11) is 4.12. The Morgan fingerprint density at radius 3 is 2.58 bits per heavy atom. The highest BCUT2D eigenvalue weighted by Gasteiger charge is 2.29. The number of nitrogens with zero attached hydrogens (tertiary/aromatic N) is 5. The lowest BCUT2D eigenvalue weighted by molar-refractivity contribution is 0.0343. The Kier molecular flexibility index (Phi) is 7.55. The fraction of sp³-hybridized carbons (Fsp3) is 0.400. The summed E-state index contributed by atoms with van der Waals surface area (Å²) in [6, 6.07) is 14.5. The molecule has 33 heavy (non-hydrogen) atoms. The molecule has 1 aliphatic carbocycles. The first-order valence-electron chi connectivity index (χ1n) is 11.3. The Labute approximate surface area is 200 Å². The van der Waals surface area contributed by atoms with Gasteiger partial charge in [-0.3, -0.25) is 4.90 Å². The molecule has 0 spiro atoms. The van der Waals surface area contributed by atoms with Gasteiger partial charge in [-0.2, -0.15) is 0 Å². The van der Waals surface area contributed by atoms with Crippen molar-refractivity contribution in [2.45, 2.75) is 13.0 Å². The van der Waals surface area contributed by atoms with Crippen molar-refractivity contribution < 1.29 is 9.57 Å². The molecule has 2 aliphatic rings. The molecule has 1 saturated heterocycles. The zero-order chi connectivity index (χ0) is 21.9. The predicted molar refractivity (Wildman–Crippen MR) is 133 cm³/mol. The second-order valence-corrected chi connectivity index (χ2v) is 8.57. The van der Waals surface area contributed by atoms with Gasteiger partial charge in [0, 0.05) is 37.3 Å². The molecule has 5 rings (SSSR count). The number of benzene rings is 2. The van der Waals surface area contributed by atoms with Gasteiger partial charge in [0.05, 0.1) is 29.9 Å². The number of hydrogen-bond acceptors (Lipinski definition) is 7. The van der Waals surface area contributed by atoms with Crippen LogP contribution >= 0.6 is 12.4 Å². The van der Waals surface area contributed by atoms with Crippen molar-refractivity contribution in [3.05, 3.63) is 59.3 Å². The van der Waals surface area contributed by atoms with Crippen LogP contribution in [0.3, 0.4) is 0 Å². The number of oxime groups is 1. The number of fused-ring (bicyclic) bond motifs is 4. The predicted octanol–water partition coefficient (Wildman–Crippen LogP) is 3.58. The van der Waals surface area contributed by atoms with E-state index in [4.69, 9.17) is 19.5 Å². The lowest BCUT2D eigenvalue weighted by atomic mass is 10.1. The maximum atomic E-state index is 5.69. The smallest absolute Gasteiger partial charge is 0.138 e. The molecule has 2 heterocycles. The first kappa shape index (κ1) is 23.6. The van der Waals surface area contributed by atoms with Crippen LogP contribution in [0.5, 0.6) is 0 Å². The molecule has 0 radical (unpaired) electrons. The molecule has 0 bridgehead atoms. The quantitative estimate of drug-likeness (QED) is 0.306. The van der Waals surface area contributed by atoms with Gasteiger partial charge in [0.2, 0.25) is 0 Å². The van der Waals surface area contributed by atoms with E-state index in [0.717, 1.165) is 85.1 Å². The van der Waals surface area contributed by atoms with Gasteiger partial charge in [-0.05, 0) is 32.1 Å². The minimum absolute atomic E-state index is 0. The summed E-state index contributed by atoms with van der Waals surface area (Å²) < 4.78 is 5.50. The van der Waals surface area contributed by atoms with Crippen molar-refractivity contribution in [1.29, 1.82) is 0 Å². The van der Waals surface area contributed by atoms with Crippen LogP contribution in [0.2, 0.25) is 0 Å². The van der Waals surface area contributed by atoms with Gasteiger partial charge in [0.1, 0.15) is 18.0 Å². The largest absolute Gasteiger partial charge is 0.395 e. The van der Waals surface area contributed by atoms with Gasteiger partial charge >= 0.3 is 0 Å². The van der Waals surface area contributed by atoms with E-state index in [0.29, 0.717) is 6.61 Å². The summed E-state index contributed by atoms with van der Waals surface area (Å²) in [6.07, 6.45) is 0.923. The minimum Gasteiger partial charge on any atom is -0.395 e. The normalized spacial score (nSPS) is 16.6. The third kappa shape index (κ3) is 5.01. The summed E-state index contributed by atoms with van der Waals surface area (Å²) in [6.45, 7) is 5.85. The van der Waals surface area contributed by atoms with Crippen LogP contribution in [-0.2, 0) is 16.1 Å². The van der Waals surface area contributed by atoms with Crippen LogP contribution in [0.4, 0.5) is 0 Å². The summed E-state index contributed by atoms with van der Waals surface area (Å²) >= 11 is 0. The van der Waals surface area contributed by atoms with Gasteiger partial charge in [0.15, 0.2) is 0 Å². The molecule has 1 fully saturated rings. The molecule has 2 aromatic carbocycles. The Hall–Kier alpha value is -2.58. The maximum absolute atomic E-state index is 5.69. The zero-order valence-corrected chi connectivity index (χ0v) is 20.0. The van der Waals surface area contributed by atoms with Crippen molar-refractivity contribution in [2.75, 3.05) is 53.6 Å². The van der Waals surface area contributed by atoms with E-state index in [1.54, 1.807) is 0 Å². The molecule has 1 aromatic heterocycles. The molecule has 1 aliphatic heterocycles. The number of rotatable bonds is 7. The number of hydrogen-bond donors (Lipinski definition) is 0. The first-order valence-corrected chi connectivity index (χ1v) is 11.3. The molecule has 0 saturated carbocycles. The van der Waals surface area contributed by atoms with Crippen molar-refractivity contribution in [3.63, 3.8) is 0 Å². The fourth-order valence-corrected chi connectivity index (χ4v) is 4.29. The Morgan fingerprint density at radius 2 is 1.79 bits per heavy atom. The monoisotopic (exact) mass is 467 g/mol. The summed E-state index contributed by atoms with van der Waals surface area (Å²) in [5, 5.41) is 4.50. The second kappa shape index (κ2) is 10.6. The van der Waals surface area contributed by atoms with Gasteiger partial charge < -0.3 is 14.5 Å². The minimum atomic E-state index is 0. The highest BCUT2D eigenvalue weighted by molar-refractivity contribution is 6.23. The molecular weight excluding hydrogens is 438 g/mol. The lowest BCUT2D eigenvalue weighted by Gasteiger charge is -2.26. The van der Waals surface area contributed by atoms with E-state index in [-0.39, 0.29) is 12.4 Å². The molecular formula is C25H30ClN5O2. The second-order valence-electron chi connectivity index (χ2n) is 8.57. The molecule has 0 N–H and O–H groups in total. The number of halogens is 1. The number of morpholine rings is 1. The molecule has 0 atom stereocenters. The molecule has 0 amide bonds. The van der Waals surface area contributed by atoms with Gasteiger partial charge in [0.25, 0.3) is 0 Å². The Bertz CT molecular complexity index is 1140. The highest BCUT2D eigenvalue weighted by Crippen LogP contribution is 2.36. The summed E-state index contributed by atoms with van der Waals surface area (Å²) in [5.74, 6) is 0. The number of para-hydroxylation sites is 1. The van der Waals surface area contributed by atoms with E-state index in [1.165, 1.54) is 5.56 Å². The van der Waals surface area contributed by atoms with E-state index < -0.39 is 0 Å². The first-order chi connectivity index (χ1) is 15.7. The van der Waals surface area contributed by atoms with Crippen LogP contribution in [0.15, 0.2) is 47.6 Å². The molecule has 3 aromatic rings. The maximum Gasteiger partial charge on any atom is 0.138 e. The van der Waals surface area contributed by atoms with E-state index in [1.807, 2.05) is 18.2 Å². The van der Waals surface area contributed by atoms with E-state index in [9.17, 15) is 0 Å². The van der Waals surface area contributed by atoms with E-state index in [2.05, 4.69) is 53.3 Å². The highest BCUT2D eigenvalue weighted by atomic mass is 35.5. The van der Waals surface area contributed by atoms with Crippen molar-refractivity contribution in [3.8, 4) is 11.3 Å². The summed E-state index contributed by atoms with van der Waals surface area (Å²) in [5.41, 5.74) is 7.60. The SMILES string of the molecule is CN(C)CCCO/N=C1\c2ccccc2-c2nc3c(CN4CCOCC4)cccc3nc21.Cl. The van der Waals surface area contributed by atoms with Crippen molar-refractivity contribution >= 4 is 29.2 Å². The molecule has 0 unspecified atom stereocenters. The Balaban J connectivity index is 0.00000259. The average molecular weight is 468 g/mol. The standard InChI is InChI=1S/C25H29N5O2.ClH/c1-29(2)11-6-14-32-28-24-20-9-4-3-8-19(20)23-25(24)26-21-10-5-7-18(22(21)27-23)17-30-12-15-31-16-13-30;/h3-5,7-10H,6,11-17H2,1-2H3;1H/b28-24+;. The number of ether oxygens (including phenoxy) is 1. The summed E-state index contributed by atoms with van der Waals surface area (Å²) in [4.78, 5) is 20.4. The van der Waals surface area contributed by atoms with Gasteiger partial charge in [-0.15, -0.1) is 12.4 Å². The van der Waals surface area contributed by atoms with Crippen LogP contribution in [0.1, 0.15) is 23.2 Å². The van der Waals surface area contributed by atoms with Crippen LogP contribution in [0.25, 0.3) is 22.3 Å². The van der Waals surface area contributed by atoms with E-state index >= 15 is 0 Å². The molecule has 7 nitrogen and oxygen atoms in total. The lowest BCUT2D eigenvalue weighted by Crippen LogP contribution is -2.35. The number of aromatic nitrogens is 2. The van der Waals surface area contributed by atoms with Gasteiger partial charge in [-0.1, -0.05) is 41.6 Å². The fourth-order valence-electron chi connectivity index (χ4n) is 4.29. The van der Waals surface area contributed by atoms with Crippen LogP contribution < -0.4 is 0 Å². The van der Waals surface area contributed by atoms with Gasteiger partial charge in [-0.25, -0.2) is 9.97 Å². The average Bonchev–Trinajstić information content (AvgIpc) is 3.11. The van der Waals surface area contributed by atoms with Crippen LogP contribution in [-0.4, -0.2) is 79.0 Å². The third-order valence-corrected chi connectivity index (χ3v) is 5.93. The third-order valence-electron chi connectivity index (χ3n) is 5.93.